The Morgan fingerprint density at radius 3 is 2.32 bits per heavy atom. The summed E-state index contributed by atoms with van der Waals surface area (Å²) in [5.74, 6) is -1.68. The molecule has 0 aliphatic heterocycles. The van der Waals surface area contributed by atoms with Gasteiger partial charge in [0, 0.05) is 29.3 Å². The van der Waals surface area contributed by atoms with E-state index in [1.165, 1.54) is 17.7 Å². The molecule has 31 heavy (non-hydrogen) atoms. The Bertz CT molecular complexity index is 1150. The second-order valence-corrected chi connectivity index (χ2v) is 6.91. The Kier molecular flexibility index (Phi) is 6.06. The van der Waals surface area contributed by atoms with E-state index in [1.807, 2.05) is 0 Å². The predicted molar refractivity (Wildman–Crippen MR) is 107 cm³/mol. The Hall–Kier alpha value is -3.36. The largest absolute Gasteiger partial charge is 0.494 e. The van der Waals surface area contributed by atoms with Crippen molar-refractivity contribution >= 4 is 22.7 Å². The molecule has 9 heteroatoms. The number of alkyl halides is 3. The number of ether oxygens (including phenoxy) is 1. The number of aromatic nitrogens is 1. The van der Waals surface area contributed by atoms with Gasteiger partial charge in [-0.1, -0.05) is 0 Å². The summed E-state index contributed by atoms with van der Waals surface area (Å²) < 4.78 is 59.2. The van der Waals surface area contributed by atoms with Gasteiger partial charge in [-0.25, -0.2) is 4.39 Å². The molecule has 5 nitrogen and oxygen atoms in total. The number of rotatable bonds is 5. The lowest BCUT2D eigenvalue weighted by Crippen LogP contribution is -2.24. The van der Waals surface area contributed by atoms with E-state index in [1.54, 1.807) is 13.8 Å². The van der Waals surface area contributed by atoms with Gasteiger partial charge in [-0.2, -0.15) is 13.2 Å². The first-order chi connectivity index (χ1) is 14.6. The zero-order valence-electron chi connectivity index (χ0n) is 17.1. The normalized spacial score (nSPS) is 11.6. The van der Waals surface area contributed by atoms with Gasteiger partial charge in [0.2, 0.25) is 5.91 Å². The van der Waals surface area contributed by atoms with E-state index in [4.69, 9.17) is 4.74 Å². The monoisotopic (exact) mass is 436 g/mol. The smallest absolute Gasteiger partial charge is 0.416 e. The van der Waals surface area contributed by atoms with E-state index >= 15 is 0 Å². The third-order valence-electron chi connectivity index (χ3n) is 4.98. The second kappa shape index (κ2) is 8.41. The number of hydrogen-bond acceptors (Lipinski definition) is 3. The minimum atomic E-state index is -4.53. The fraction of sp³-hybridized carbons (Fsp3) is 0.273. The second-order valence-electron chi connectivity index (χ2n) is 6.91. The first-order valence-corrected chi connectivity index (χ1v) is 9.44. The van der Waals surface area contributed by atoms with Crippen LogP contribution in [0, 0.1) is 12.7 Å². The van der Waals surface area contributed by atoms with Crippen molar-refractivity contribution in [2.75, 3.05) is 13.7 Å². The summed E-state index contributed by atoms with van der Waals surface area (Å²) in [4.78, 5) is 25.4. The highest BCUT2D eigenvalue weighted by Gasteiger charge is 2.30. The molecule has 0 spiro atoms. The van der Waals surface area contributed by atoms with Crippen LogP contribution in [0.15, 0.2) is 36.4 Å². The van der Waals surface area contributed by atoms with E-state index in [2.05, 4.69) is 5.32 Å². The first kappa shape index (κ1) is 22.3. The number of nitrogens with zero attached hydrogens (tertiary/aromatic N) is 1. The van der Waals surface area contributed by atoms with E-state index in [9.17, 15) is 27.2 Å². The maximum Gasteiger partial charge on any atom is 0.416 e. The first-order valence-electron chi connectivity index (χ1n) is 9.44. The molecule has 0 saturated heterocycles. The number of nitrogens with one attached hydrogen (secondary N) is 1. The van der Waals surface area contributed by atoms with Crippen LogP contribution >= 0.6 is 0 Å². The molecule has 3 rings (SSSR count). The van der Waals surface area contributed by atoms with Gasteiger partial charge in [0.1, 0.15) is 0 Å². The SMILES string of the molecule is CCNC(=O)Cc1c(C)n(C(=O)c2ccc(C(F)(F)F)cc2)c2cc(F)c(OC)cc12. The number of amides is 1. The van der Waals surface area contributed by atoms with Gasteiger partial charge in [0.05, 0.1) is 24.6 Å². The molecule has 0 bridgehead atoms. The maximum atomic E-state index is 14.4. The summed E-state index contributed by atoms with van der Waals surface area (Å²) in [7, 11) is 1.30. The zero-order chi connectivity index (χ0) is 22.9. The average Bonchev–Trinajstić information content (AvgIpc) is 2.97. The lowest BCUT2D eigenvalue weighted by atomic mass is 10.1. The van der Waals surface area contributed by atoms with Crippen molar-refractivity contribution in [2.24, 2.45) is 0 Å². The van der Waals surface area contributed by atoms with Gasteiger partial charge in [-0.15, -0.1) is 0 Å². The lowest BCUT2D eigenvalue weighted by Gasteiger charge is -2.10. The van der Waals surface area contributed by atoms with Gasteiger partial charge in [-0.05, 0) is 49.7 Å². The molecule has 164 valence electrons. The minimum Gasteiger partial charge on any atom is -0.494 e. The summed E-state index contributed by atoms with van der Waals surface area (Å²) in [6.45, 7) is 3.78. The maximum absolute atomic E-state index is 14.4. The molecule has 1 amide bonds. The van der Waals surface area contributed by atoms with Crippen LogP contribution in [0.3, 0.4) is 0 Å². The van der Waals surface area contributed by atoms with Gasteiger partial charge in [-0.3, -0.25) is 14.2 Å². The topological polar surface area (TPSA) is 60.3 Å². The predicted octanol–water partition coefficient (Wildman–Crippen LogP) is 4.48. The lowest BCUT2D eigenvalue weighted by molar-refractivity contribution is -0.137. The van der Waals surface area contributed by atoms with Crippen molar-refractivity contribution in [1.82, 2.24) is 9.88 Å². The number of fused-ring (bicyclic) bond motifs is 1. The van der Waals surface area contributed by atoms with Gasteiger partial charge in [0.25, 0.3) is 5.91 Å². The fourth-order valence-electron chi connectivity index (χ4n) is 3.47. The quantitative estimate of drug-likeness (QED) is 0.600. The van der Waals surface area contributed by atoms with E-state index in [0.29, 0.717) is 23.2 Å². The molecule has 3 aromatic rings. The van der Waals surface area contributed by atoms with Crippen molar-refractivity contribution in [3.05, 3.63) is 64.6 Å². The zero-order valence-corrected chi connectivity index (χ0v) is 17.1. The van der Waals surface area contributed by atoms with Crippen molar-refractivity contribution in [1.29, 1.82) is 0 Å². The average molecular weight is 436 g/mol. The highest BCUT2D eigenvalue weighted by molar-refractivity contribution is 6.05. The number of hydrogen-bond donors (Lipinski definition) is 1. The highest BCUT2D eigenvalue weighted by Crippen LogP contribution is 2.33. The van der Waals surface area contributed by atoms with E-state index in [0.717, 1.165) is 30.3 Å². The number of carbonyl (C=O) groups excluding carboxylic acids is 2. The van der Waals surface area contributed by atoms with Crippen LogP contribution in [0.4, 0.5) is 17.6 Å². The van der Waals surface area contributed by atoms with Crippen LogP contribution < -0.4 is 10.1 Å². The molecule has 1 aromatic heterocycles. The van der Waals surface area contributed by atoms with Crippen LogP contribution in [-0.4, -0.2) is 30.0 Å². The third kappa shape index (κ3) is 4.26. The molecule has 0 aliphatic rings. The highest BCUT2D eigenvalue weighted by atomic mass is 19.4. The molecular formula is C22H20F4N2O3. The Balaban J connectivity index is 2.17. The van der Waals surface area contributed by atoms with Crippen LogP contribution in [0.25, 0.3) is 10.9 Å². The Morgan fingerprint density at radius 2 is 1.77 bits per heavy atom. The molecule has 2 aromatic carbocycles. The van der Waals surface area contributed by atoms with Crippen LogP contribution in [0.5, 0.6) is 5.75 Å². The number of methoxy groups -OCH3 is 1. The summed E-state index contributed by atoms with van der Waals surface area (Å²) in [6, 6.07) is 6.29. The molecule has 0 unspecified atom stereocenters. The minimum absolute atomic E-state index is 0.00575. The van der Waals surface area contributed by atoms with Crippen molar-refractivity contribution < 1.29 is 31.9 Å². The number of halogens is 4. The fourth-order valence-corrected chi connectivity index (χ4v) is 3.47. The number of likely N-dealkylation sites (N-methyl/N-ethyl adjacent to an activating group) is 1. The number of benzene rings is 2. The Labute approximate surface area is 175 Å². The summed E-state index contributed by atoms with van der Waals surface area (Å²) in [6.07, 6.45) is -4.59. The standard InChI is InChI=1S/C22H20F4N2O3/c1-4-27-20(29)10-15-12(2)28(18-11-17(23)19(31-3)9-16(15)18)21(30)13-5-7-14(8-6-13)22(24,25)26/h5-9,11H,4,10H2,1-3H3,(H,27,29). The van der Waals surface area contributed by atoms with E-state index in [-0.39, 0.29) is 29.2 Å². The summed E-state index contributed by atoms with van der Waals surface area (Å²) in [5, 5.41) is 3.12. The van der Waals surface area contributed by atoms with Crippen LogP contribution in [-0.2, 0) is 17.4 Å². The van der Waals surface area contributed by atoms with Crippen molar-refractivity contribution in [3.63, 3.8) is 0 Å². The van der Waals surface area contributed by atoms with E-state index < -0.39 is 23.5 Å². The molecule has 1 heterocycles. The van der Waals surface area contributed by atoms with Crippen LogP contribution in [0.1, 0.15) is 34.1 Å². The van der Waals surface area contributed by atoms with Crippen molar-refractivity contribution in [2.45, 2.75) is 26.4 Å². The summed E-state index contributed by atoms with van der Waals surface area (Å²) >= 11 is 0. The van der Waals surface area contributed by atoms with Gasteiger partial charge in [0.15, 0.2) is 11.6 Å². The summed E-state index contributed by atoms with van der Waals surface area (Å²) in [5.41, 5.74) is 0.193. The van der Waals surface area contributed by atoms with Crippen LogP contribution in [0.2, 0.25) is 0 Å². The molecule has 0 radical (unpaired) electrons. The van der Waals surface area contributed by atoms with Gasteiger partial charge < -0.3 is 10.1 Å². The molecule has 1 N–H and O–H groups in total. The molecule has 0 fully saturated rings. The van der Waals surface area contributed by atoms with Crippen molar-refractivity contribution in [3.8, 4) is 5.75 Å². The third-order valence-corrected chi connectivity index (χ3v) is 4.98. The molecule has 0 aliphatic carbocycles. The number of carbonyl (C=O) groups is 2. The van der Waals surface area contributed by atoms with Gasteiger partial charge >= 0.3 is 6.18 Å². The Morgan fingerprint density at radius 1 is 1.13 bits per heavy atom. The molecule has 0 saturated carbocycles. The molecular weight excluding hydrogens is 416 g/mol. The molecule has 0 atom stereocenters.